The van der Waals surface area contributed by atoms with E-state index in [1.807, 2.05) is 12.2 Å². The van der Waals surface area contributed by atoms with E-state index in [0.29, 0.717) is 19.3 Å². The van der Waals surface area contributed by atoms with Gasteiger partial charge in [0.25, 0.3) is 0 Å². The fraction of sp³-hybridized carbons (Fsp3) is 0.738. The molecule has 0 heterocycles. The van der Waals surface area contributed by atoms with Gasteiger partial charge in [0, 0.05) is 19.3 Å². The summed E-state index contributed by atoms with van der Waals surface area (Å²) in [6.45, 7) is 6.37. The van der Waals surface area contributed by atoms with Gasteiger partial charge in [-0.05, 0) is 44.9 Å². The van der Waals surface area contributed by atoms with E-state index in [2.05, 4.69) is 57.2 Å². The molecule has 0 aliphatic heterocycles. The number of hydrogen-bond acceptors (Lipinski definition) is 6. The fourth-order valence-corrected chi connectivity index (χ4v) is 5.16. The monoisotopic (exact) mass is 673 g/mol. The molecule has 0 aromatic carbocycles. The molecular formula is C42H72O6. The highest BCUT2D eigenvalue weighted by Gasteiger charge is 2.19. The second-order valence-corrected chi connectivity index (χ2v) is 12.8. The van der Waals surface area contributed by atoms with Gasteiger partial charge in [-0.3, -0.25) is 14.4 Å². The van der Waals surface area contributed by atoms with Gasteiger partial charge in [0.15, 0.2) is 6.10 Å². The molecule has 1 atom stereocenters. The summed E-state index contributed by atoms with van der Waals surface area (Å²) in [5.41, 5.74) is 0. The summed E-state index contributed by atoms with van der Waals surface area (Å²) in [7, 11) is 0. The van der Waals surface area contributed by atoms with Gasteiger partial charge in [0.2, 0.25) is 0 Å². The molecule has 0 radical (unpaired) electrons. The van der Waals surface area contributed by atoms with E-state index in [1.54, 1.807) is 0 Å². The van der Waals surface area contributed by atoms with E-state index in [-0.39, 0.29) is 37.5 Å². The van der Waals surface area contributed by atoms with Crippen molar-refractivity contribution in [3.63, 3.8) is 0 Å². The maximum atomic E-state index is 12.6. The lowest BCUT2D eigenvalue weighted by Crippen LogP contribution is -2.30. The zero-order chi connectivity index (χ0) is 35.2. The Labute approximate surface area is 295 Å². The normalized spacial score (nSPS) is 12.5. The topological polar surface area (TPSA) is 78.9 Å². The Balaban J connectivity index is 4.47. The van der Waals surface area contributed by atoms with E-state index in [4.69, 9.17) is 14.2 Å². The van der Waals surface area contributed by atoms with Crippen molar-refractivity contribution in [2.45, 2.75) is 187 Å². The third-order valence-electron chi connectivity index (χ3n) is 8.11. The van der Waals surface area contributed by atoms with E-state index < -0.39 is 6.10 Å². The molecule has 6 heteroatoms. The molecule has 0 aromatic rings. The molecule has 0 fully saturated rings. The third-order valence-corrected chi connectivity index (χ3v) is 8.11. The number of esters is 3. The lowest BCUT2D eigenvalue weighted by Gasteiger charge is -2.18. The molecule has 6 nitrogen and oxygen atoms in total. The molecule has 0 spiro atoms. The average molecular weight is 673 g/mol. The van der Waals surface area contributed by atoms with Crippen LogP contribution in [0.3, 0.4) is 0 Å². The van der Waals surface area contributed by atoms with Crippen molar-refractivity contribution in [2.75, 3.05) is 13.2 Å². The minimum atomic E-state index is -0.792. The van der Waals surface area contributed by atoms with Crippen LogP contribution in [0.2, 0.25) is 0 Å². The van der Waals surface area contributed by atoms with Crippen molar-refractivity contribution < 1.29 is 28.6 Å². The Kier molecular flexibility index (Phi) is 35.2. The van der Waals surface area contributed by atoms with Crippen molar-refractivity contribution in [2.24, 2.45) is 0 Å². The number of ether oxygens (including phenoxy) is 3. The SMILES string of the molecule is CC/C=C\C/C=C\C/C=C\C/C=C\CCC(=O)OCC(COC(=O)CCCCCCCCCC)OC(=O)CCCCCCCCCCC. The standard InChI is InChI=1S/C42H72O6/c1-4-7-10-13-16-19-20-21-22-24-26-29-32-35-41(44)47-38-39(37-46-40(43)34-31-28-25-18-15-12-9-6-3)48-42(45)36-33-30-27-23-17-14-11-8-5-2/h7,10,16,19,21-22,26,29,39H,4-6,8-9,11-15,17-18,20,23-25,27-28,30-38H2,1-3H3/b10-7-,19-16-,22-21-,29-26-. The van der Waals surface area contributed by atoms with Crippen LogP contribution < -0.4 is 0 Å². The molecule has 0 rings (SSSR count). The molecule has 0 amide bonds. The Morgan fingerprint density at radius 2 is 0.812 bits per heavy atom. The molecular weight excluding hydrogens is 600 g/mol. The maximum Gasteiger partial charge on any atom is 0.306 e. The van der Waals surface area contributed by atoms with E-state index in [0.717, 1.165) is 64.2 Å². The van der Waals surface area contributed by atoms with Gasteiger partial charge >= 0.3 is 17.9 Å². The lowest BCUT2D eigenvalue weighted by atomic mass is 10.1. The first-order chi connectivity index (χ1) is 23.5. The fourth-order valence-electron chi connectivity index (χ4n) is 5.16. The molecule has 0 bridgehead atoms. The van der Waals surface area contributed by atoms with Gasteiger partial charge in [-0.15, -0.1) is 0 Å². The predicted octanol–water partition coefficient (Wildman–Crippen LogP) is 12.0. The van der Waals surface area contributed by atoms with Gasteiger partial charge in [-0.1, -0.05) is 166 Å². The number of unbranched alkanes of at least 4 members (excludes halogenated alkanes) is 15. The number of carbonyl (C=O) groups excluding carboxylic acids is 3. The van der Waals surface area contributed by atoms with Crippen molar-refractivity contribution in [1.29, 1.82) is 0 Å². The van der Waals surface area contributed by atoms with Crippen LogP contribution in [0.1, 0.15) is 181 Å². The van der Waals surface area contributed by atoms with Crippen LogP contribution >= 0.6 is 0 Å². The van der Waals surface area contributed by atoms with Crippen LogP contribution in [0, 0.1) is 0 Å². The first-order valence-corrected chi connectivity index (χ1v) is 19.6. The van der Waals surface area contributed by atoms with Crippen molar-refractivity contribution in [1.82, 2.24) is 0 Å². The first-order valence-electron chi connectivity index (χ1n) is 19.6. The summed E-state index contributed by atoms with van der Waals surface area (Å²) >= 11 is 0. The highest BCUT2D eigenvalue weighted by molar-refractivity contribution is 5.71. The largest absolute Gasteiger partial charge is 0.462 e. The molecule has 1 unspecified atom stereocenters. The number of hydrogen-bond donors (Lipinski definition) is 0. The lowest BCUT2D eigenvalue weighted by molar-refractivity contribution is -0.166. The van der Waals surface area contributed by atoms with Crippen LogP contribution in [0.4, 0.5) is 0 Å². The summed E-state index contributed by atoms with van der Waals surface area (Å²) in [6, 6.07) is 0. The Morgan fingerprint density at radius 3 is 1.27 bits per heavy atom. The average Bonchev–Trinajstić information content (AvgIpc) is 3.08. The van der Waals surface area contributed by atoms with Gasteiger partial charge in [-0.2, -0.15) is 0 Å². The van der Waals surface area contributed by atoms with Crippen LogP contribution in [0.25, 0.3) is 0 Å². The molecule has 0 aliphatic carbocycles. The smallest absolute Gasteiger partial charge is 0.306 e. The van der Waals surface area contributed by atoms with Gasteiger partial charge in [-0.25, -0.2) is 0 Å². The summed E-state index contributed by atoms with van der Waals surface area (Å²) in [4.78, 5) is 37.3. The van der Waals surface area contributed by atoms with Gasteiger partial charge in [0.1, 0.15) is 13.2 Å². The van der Waals surface area contributed by atoms with Crippen LogP contribution in [0.15, 0.2) is 48.6 Å². The minimum Gasteiger partial charge on any atom is -0.462 e. The molecule has 0 saturated carbocycles. The molecule has 48 heavy (non-hydrogen) atoms. The Morgan fingerprint density at radius 1 is 0.438 bits per heavy atom. The van der Waals surface area contributed by atoms with E-state index in [9.17, 15) is 14.4 Å². The maximum absolute atomic E-state index is 12.6. The molecule has 0 aliphatic rings. The van der Waals surface area contributed by atoms with Crippen LogP contribution in [0.5, 0.6) is 0 Å². The Bertz CT molecular complexity index is 871. The number of allylic oxidation sites excluding steroid dienone is 8. The minimum absolute atomic E-state index is 0.0938. The van der Waals surface area contributed by atoms with Crippen LogP contribution in [-0.2, 0) is 28.6 Å². The molecule has 0 saturated heterocycles. The summed E-state index contributed by atoms with van der Waals surface area (Å²) in [5, 5.41) is 0. The zero-order valence-electron chi connectivity index (χ0n) is 31.2. The zero-order valence-corrected chi connectivity index (χ0v) is 31.2. The second-order valence-electron chi connectivity index (χ2n) is 12.8. The Hall–Kier alpha value is -2.63. The van der Waals surface area contributed by atoms with E-state index >= 15 is 0 Å². The third kappa shape index (κ3) is 34.7. The molecule has 276 valence electrons. The quantitative estimate of drug-likeness (QED) is 0.0293. The highest BCUT2D eigenvalue weighted by atomic mass is 16.6. The first kappa shape index (κ1) is 45.4. The van der Waals surface area contributed by atoms with Gasteiger partial charge < -0.3 is 14.2 Å². The van der Waals surface area contributed by atoms with Gasteiger partial charge in [0.05, 0.1) is 0 Å². The van der Waals surface area contributed by atoms with Crippen molar-refractivity contribution in [3.8, 4) is 0 Å². The second kappa shape index (κ2) is 37.2. The summed E-state index contributed by atoms with van der Waals surface area (Å²) in [6.07, 6.45) is 41.2. The predicted molar refractivity (Wildman–Crippen MR) is 201 cm³/mol. The van der Waals surface area contributed by atoms with Crippen molar-refractivity contribution in [3.05, 3.63) is 48.6 Å². The van der Waals surface area contributed by atoms with Crippen molar-refractivity contribution >= 4 is 17.9 Å². The number of rotatable bonds is 34. The highest BCUT2D eigenvalue weighted by Crippen LogP contribution is 2.13. The van der Waals surface area contributed by atoms with Crippen LogP contribution in [-0.4, -0.2) is 37.2 Å². The molecule has 0 N–H and O–H groups in total. The number of carbonyl (C=O) groups is 3. The van der Waals surface area contributed by atoms with E-state index in [1.165, 1.54) is 70.6 Å². The summed E-state index contributed by atoms with van der Waals surface area (Å²) < 4.78 is 16.5. The summed E-state index contributed by atoms with van der Waals surface area (Å²) in [5.74, 6) is -0.993. The molecule has 0 aromatic heterocycles.